The highest BCUT2D eigenvalue weighted by molar-refractivity contribution is 8.15. The van der Waals surface area contributed by atoms with E-state index in [0.717, 1.165) is 27.5 Å². The molecule has 3 aromatic rings. The number of rotatable bonds is 7. The first-order valence-electron chi connectivity index (χ1n) is 11.8. The summed E-state index contributed by atoms with van der Waals surface area (Å²) in [6, 6.07) is 25.4. The van der Waals surface area contributed by atoms with Crippen LogP contribution in [-0.4, -0.2) is 46.3 Å². The number of thioether (sulfide) groups is 2. The van der Waals surface area contributed by atoms with E-state index in [1.807, 2.05) is 78.0 Å². The van der Waals surface area contributed by atoms with Crippen LogP contribution in [0.5, 0.6) is 5.75 Å². The molecule has 2 unspecified atom stereocenters. The van der Waals surface area contributed by atoms with Crippen molar-refractivity contribution in [2.75, 3.05) is 18.7 Å². The topological polar surface area (TPSA) is 83.4 Å². The van der Waals surface area contributed by atoms with Crippen molar-refractivity contribution in [3.8, 4) is 5.75 Å². The number of ether oxygens (including phenoxy) is 1. The molecule has 9 heteroatoms. The Bertz CT molecular complexity index is 1360. The van der Waals surface area contributed by atoms with Crippen LogP contribution in [0.4, 0.5) is 5.69 Å². The molecule has 0 radical (unpaired) electrons. The molecule has 0 bridgehead atoms. The third kappa shape index (κ3) is 5.73. The van der Waals surface area contributed by atoms with Crippen LogP contribution in [0.2, 0.25) is 0 Å². The number of amides is 2. The monoisotopic (exact) mass is 530 g/mol. The predicted octanol–water partition coefficient (Wildman–Crippen LogP) is 5.60. The van der Waals surface area contributed by atoms with Gasteiger partial charge in [0.1, 0.15) is 11.0 Å². The summed E-state index contributed by atoms with van der Waals surface area (Å²) >= 11 is 2.90. The first kappa shape index (κ1) is 25.1. The number of nitrogens with zero attached hydrogens (tertiary/aromatic N) is 3. The van der Waals surface area contributed by atoms with E-state index in [1.54, 1.807) is 18.9 Å². The normalized spacial score (nSPS) is 19.0. The third-order valence-corrected chi connectivity index (χ3v) is 8.03. The number of hydrogen-bond donors (Lipinski definition) is 1. The Kier molecular flexibility index (Phi) is 7.62. The Balaban J connectivity index is 1.33. The quantitative estimate of drug-likeness (QED) is 0.401. The molecule has 2 amide bonds. The van der Waals surface area contributed by atoms with Crippen molar-refractivity contribution in [2.45, 2.75) is 29.0 Å². The van der Waals surface area contributed by atoms with Crippen LogP contribution in [0.1, 0.15) is 30.0 Å². The Morgan fingerprint density at radius 1 is 1.11 bits per heavy atom. The molecule has 2 atom stereocenters. The lowest BCUT2D eigenvalue weighted by molar-refractivity contribution is -0.121. The van der Waals surface area contributed by atoms with E-state index in [0.29, 0.717) is 17.3 Å². The maximum Gasteiger partial charge on any atom is 0.262 e. The Hall–Kier alpha value is -3.56. The van der Waals surface area contributed by atoms with Crippen molar-refractivity contribution in [3.63, 3.8) is 0 Å². The molecule has 3 aromatic carbocycles. The maximum absolute atomic E-state index is 12.8. The van der Waals surface area contributed by atoms with Crippen LogP contribution in [0.25, 0.3) is 0 Å². The van der Waals surface area contributed by atoms with Gasteiger partial charge in [-0.3, -0.25) is 9.59 Å². The van der Waals surface area contributed by atoms with Crippen molar-refractivity contribution >= 4 is 51.9 Å². The number of methoxy groups -OCH3 is 1. The number of anilines is 1. The van der Waals surface area contributed by atoms with Gasteiger partial charge in [0.25, 0.3) is 5.91 Å². The fourth-order valence-corrected chi connectivity index (χ4v) is 5.79. The van der Waals surface area contributed by atoms with E-state index in [-0.39, 0.29) is 24.3 Å². The van der Waals surface area contributed by atoms with Crippen LogP contribution < -0.4 is 10.1 Å². The van der Waals surface area contributed by atoms with Crippen LogP contribution in [0.15, 0.2) is 93.9 Å². The van der Waals surface area contributed by atoms with Crippen LogP contribution in [0, 0.1) is 0 Å². The van der Waals surface area contributed by atoms with Gasteiger partial charge in [-0.25, -0.2) is 5.01 Å². The molecule has 0 fully saturated rings. The van der Waals surface area contributed by atoms with Crippen molar-refractivity contribution in [1.29, 1.82) is 0 Å². The van der Waals surface area contributed by atoms with Gasteiger partial charge in [0.05, 0.1) is 18.9 Å². The van der Waals surface area contributed by atoms with Crippen molar-refractivity contribution < 1.29 is 14.3 Å². The van der Waals surface area contributed by atoms with Crippen LogP contribution in [-0.2, 0) is 9.59 Å². The van der Waals surface area contributed by atoms with E-state index in [9.17, 15) is 9.59 Å². The van der Waals surface area contributed by atoms with Gasteiger partial charge in [-0.2, -0.15) is 10.1 Å². The van der Waals surface area contributed by atoms with E-state index >= 15 is 0 Å². The highest BCUT2D eigenvalue weighted by Crippen LogP contribution is 2.38. The molecule has 0 spiro atoms. The van der Waals surface area contributed by atoms with Crippen LogP contribution >= 0.6 is 23.5 Å². The average Bonchev–Trinajstić information content (AvgIpc) is 3.53. The molecule has 2 heterocycles. The fourth-order valence-electron chi connectivity index (χ4n) is 4.27. The standard InChI is InChI=1S/C28H26N4O3S2/c1-35-21-13-11-18(12-14-21)23-16-24(19-7-4-3-5-8-19)32(31-23)28-30-27(34)25(37-28)17-26(33)29-20-9-6-10-22(15-20)36-2/h3-15,24-25H,16-17H2,1-2H3,(H,29,33). The Morgan fingerprint density at radius 3 is 2.62 bits per heavy atom. The van der Waals surface area contributed by atoms with Gasteiger partial charge in [0, 0.05) is 23.4 Å². The minimum Gasteiger partial charge on any atom is -0.497 e. The maximum atomic E-state index is 12.8. The summed E-state index contributed by atoms with van der Waals surface area (Å²) in [6.45, 7) is 0. The zero-order valence-corrected chi connectivity index (χ0v) is 22.1. The highest BCUT2D eigenvalue weighted by Gasteiger charge is 2.39. The van der Waals surface area contributed by atoms with Gasteiger partial charge in [0.15, 0.2) is 5.17 Å². The molecule has 37 heavy (non-hydrogen) atoms. The Morgan fingerprint density at radius 2 is 1.89 bits per heavy atom. The molecule has 0 aromatic heterocycles. The second-order valence-electron chi connectivity index (χ2n) is 8.57. The molecular weight excluding hydrogens is 504 g/mol. The van der Waals surface area contributed by atoms with Gasteiger partial charge in [-0.15, -0.1) is 11.8 Å². The van der Waals surface area contributed by atoms with Gasteiger partial charge in [-0.1, -0.05) is 48.2 Å². The van der Waals surface area contributed by atoms with Gasteiger partial charge >= 0.3 is 0 Å². The summed E-state index contributed by atoms with van der Waals surface area (Å²) < 4.78 is 5.28. The molecular formula is C28H26N4O3S2. The molecule has 1 N–H and O–H groups in total. The number of hydrazone groups is 1. The second-order valence-corrected chi connectivity index (χ2v) is 10.6. The molecule has 5 rings (SSSR count). The molecule has 2 aliphatic heterocycles. The lowest BCUT2D eigenvalue weighted by Gasteiger charge is -2.23. The lowest BCUT2D eigenvalue weighted by atomic mass is 9.98. The first-order valence-corrected chi connectivity index (χ1v) is 13.9. The average molecular weight is 531 g/mol. The molecule has 0 saturated heterocycles. The highest BCUT2D eigenvalue weighted by atomic mass is 32.2. The number of hydrogen-bond acceptors (Lipinski definition) is 7. The van der Waals surface area contributed by atoms with Crippen molar-refractivity contribution in [1.82, 2.24) is 5.01 Å². The molecule has 2 aliphatic rings. The zero-order valence-electron chi connectivity index (χ0n) is 20.5. The minimum atomic E-state index is -0.588. The number of aliphatic imine (C=N–C) groups is 1. The smallest absolute Gasteiger partial charge is 0.262 e. The lowest BCUT2D eigenvalue weighted by Crippen LogP contribution is -2.25. The number of carbonyl (C=O) groups is 2. The summed E-state index contributed by atoms with van der Waals surface area (Å²) in [7, 11) is 1.64. The van der Waals surface area contributed by atoms with Crippen molar-refractivity contribution in [3.05, 3.63) is 90.0 Å². The minimum absolute atomic E-state index is 0.0406. The van der Waals surface area contributed by atoms with Gasteiger partial charge in [0.2, 0.25) is 5.91 Å². The SMILES string of the molecule is COc1ccc(C2=NN(C3=NC(=O)C(CC(=O)Nc4cccc(SC)c4)S3)C(c3ccccc3)C2)cc1. The number of benzene rings is 3. The number of amidine groups is 1. The summed E-state index contributed by atoms with van der Waals surface area (Å²) in [5.74, 6) is 0.248. The first-order chi connectivity index (χ1) is 18.0. The largest absolute Gasteiger partial charge is 0.497 e. The summed E-state index contributed by atoms with van der Waals surface area (Å²) in [4.78, 5) is 30.9. The Labute approximate surface area is 224 Å². The van der Waals surface area contributed by atoms with E-state index in [4.69, 9.17) is 9.84 Å². The predicted molar refractivity (Wildman–Crippen MR) is 150 cm³/mol. The van der Waals surface area contributed by atoms with Gasteiger partial charge < -0.3 is 10.1 Å². The molecule has 0 aliphatic carbocycles. The fraction of sp³-hybridized carbons (Fsp3) is 0.214. The van der Waals surface area contributed by atoms with Gasteiger partial charge in [-0.05, 0) is 59.8 Å². The molecule has 7 nitrogen and oxygen atoms in total. The van der Waals surface area contributed by atoms with E-state index in [1.165, 1.54) is 11.8 Å². The molecule has 188 valence electrons. The van der Waals surface area contributed by atoms with Crippen LogP contribution in [0.3, 0.4) is 0 Å². The molecule has 0 saturated carbocycles. The number of carbonyl (C=O) groups excluding carboxylic acids is 2. The summed E-state index contributed by atoms with van der Waals surface area (Å²) in [6.07, 6.45) is 2.69. The van der Waals surface area contributed by atoms with Crippen molar-refractivity contribution in [2.24, 2.45) is 10.1 Å². The van der Waals surface area contributed by atoms with E-state index < -0.39 is 5.25 Å². The van der Waals surface area contributed by atoms with E-state index in [2.05, 4.69) is 22.4 Å². The second kappa shape index (κ2) is 11.2. The third-order valence-electron chi connectivity index (χ3n) is 6.17. The number of nitrogens with one attached hydrogen (secondary N) is 1. The zero-order chi connectivity index (χ0) is 25.8. The summed E-state index contributed by atoms with van der Waals surface area (Å²) in [5.41, 5.74) is 3.69. The summed E-state index contributed by atoms with van der Waals surface area (Å²) in [5, 5.41) is 9.55.